The summed E-state index contributed by atoms with van der Waals surface area (Å²) in [4.78, 5) is 4.06. The molecule has 1 aromatic heterocycles. The molecule has 1 unspecified atom stereocenters. The number of hydrogen-bond acceptors (Lipinski definition) is 3. The lowest BCUT2D eigenvalue weighted by atomic mass is 10.2. The minimum absolute atomic E-state index is 0.422. The van der Waals surface area contributed by atoms with E-state index in [2.05, 4.69) is 23.9 Å². The molecule has 0 radical (unpaired) electrons. The third-order valence-electron chi connectivity index (χ3n) is 1.90. The van der Waals surface area contributed by atoms with Crippen molar-refractivity contribution in [3.8, 4) is 0 Å². The molecule has 0 fully saturated rings. The highest BCUT2D eigenvalue weighted by molar-refractivity contribution is 4.80. The Balaban J connectivity index is 2.61. The maximum absolute atomic E-state index is 5.40. The first-order valence-electron chi connectivity index (χ1n) is 4.38. The van der Waals surface area contributed by atoms with Gasteiger partial charge in [-0.2, -0.15) is 5.10 Å². The molecular weight excluding hydrogens is 152 g/mol. The Morgan fingerprint density at radius 1 is 1.67 bits per heavy atom. The molecule has 1 atom stereocenters. The van der Waals surface area contributed by atoms with Gasteiger partial charge in [-0.1, -0.05) is 13.3 Å². The summed E-state index contributed by atoms with van der Waals surface area (Å²) < 4.78 is 1.88. The second-order valence-corrected chi connectivity index (χ2v) is 2.98. The van der Waals surface area contributed by atoms with E-state index in [0.29, 0.717) is 12.6 Å². The van der Waals surface area contributed by atoms with Gasteiger partial charge in [0.25, 0.3) is 0 Å². The third kappa shape index (κ3) is 2.04. The van der Waals surface area contributed by atoms with E-state index < -0.39 is 0 Å². The van der Waals surface area contributed by atoms with Gasteiger partial charge in [-0.15, -0.1) is 0 Å². The molecule has 68 valence electrons. The summed E-state index contributed by atoms with van der Waals surface area (Å²) in [6, 6.07) is 0.433. The van der Waals surface area contributed by atoms with Crippen molar-refractivity contribution in [2.24, 2.45) is 5.73 Å². The Morgan fingerprint density at radius 3 is 2.92 bits per heavy atom. The minimum Gasteiger partial charge on any atom is -0.324 e. The Morgan fingerprint density at radius 2 is 2.42 bits per heavy atom. The predicted molar refractivity (Wildman–Crippen MR) is 47.5 cm³/mol. The number of nitrogens with two attached hydrogens (primary N) is 1. The zero-order valence-electron chi connectivity index (χ0n) is 7.70. The average Bonchev–Trinajstić information content (AvgIpc) is 2.52. The van der Waals surface area contributed by atoms with Crippen LogP contribution in [0.25, 0.3) is 0 Å². The first-order valence-corrected chi connectivity index (χ1v) is 4.38. The molecule has 12 heavy (non-hydrogen) atoms. The van der Waals surface area contributed by atoms with Crippen LogP contribution in [0.2, 0.25) is 0 Å². The molecule has 2 N–H and O–H groups in total. The van der Waals surface area contributed by atoms with E-state index in [-0.39, 0.29) is 0 Å². The molecular formula is C8H16N4. The fourth-order valence-electron chi connectivity index (χ4n) is 1.17. The number of aromatic nitrogens is 3. The minimum atomic E-state index is 0.422. The van der Waals surface area contributed by atoms with E-state index in [9.17, 15) is 0 Å². The highest BCUT2D eigenvalue weighted by atomic mass is 15.3. The van der Waals surface area contributed by atoms with Gasteiger partial charge in [0.15, 0.2) is 5.82 Å². The number of nitrogens with zero attached hydrogens (tertiary/aromatic N) is 3. The topological polar surface area (TPSA) is 56.7 Å². The van der Waals surface area contributed by atoms with Gasteiger partial charge in [0, 0.05) is 0 Å². The maximum atomic E-state index is 5.40. The molecule has 1 rings (SSSR count). The molecule has 1 heterocycles. The second-order valence-electron chi connectivity index (χ2n) is 2.98. The molecule has 4 nitrogen and oxygen atoms in total. The molecule has 0 bridgehead atoms. The zero-order chi connectivity index (χ0) is 8.97. The van der Waals surface area contributed by atoms with Crippen molar-refractivity contribution in [2.75, 3.05) is 0 Å². The normalized spacial score (nSPS) is 13.2. The van der Waals surface area contributed by atoms with Crippen LogP contribution < -0.4 is 5.73 Å². The Kier molecular flexibility index (Phi) is 3.22. The van der Waals surface area contributed by atoms with Crippen molar-refractivity contribution in [3.63, 3.8) is 0 Å². The van der Waals surface area contributed by atoms with Crippen molar-refractivity contribution in [1.82, 2.24) is 14.8 Å². The molecule has 0 spiro atoms. The SMILES string of the molecule is CCCC(C)n1cnc(CN)n1. The predicted octanol–water partition coefficient (Wildman–Crippen LogP) is 1.10. The summed E-state index contributed by atoms with van der Waals surface area (Å²) in [6.07, 6.45) is 4.05. The summed E-state index contributed by atoms with van der Waals surface area (Å²) in [5.74, 6) is 0.720. The van der Waals surface area contributed by atoms with E-state index in [1.165, 1.54) is 6.42 Å². The lowest BCUT2D eigenvalue weighted by Gasteiger charge is -2.08. The zero-order valence-corrected chi connectivity index (χ0v) is 7.70. The molecule has 4 heteroatoms. The second kappa shape index (κ2) is 4.21. The summed E-state index contributed by atoms with van der Waals surface area (Å²) in [5, 5.41) is 4.23. The number of rotatable bonds is 4. The van der Waals surface area contributed by atoms with Crippen molar-refractivity contribution in [1.29, 1.82) is 0 Å². The fourth-order valence-corrected chi connectivity index (χ4v) is 1.17. The van der Waals surface area contributed by atoms with Crippen LogP contribution in [0, 0.1) is 0 Å². The van der Waals surface area contributed by atoms with E-state index in [4.69, 9.17) is 5.73 Å². The highest BCUT2D eigenvalue weighted by Crippen LogP contribution is 2.10. The van der Waals surface area contributed by atoms with Crippen molar-refractivity contribution >= 4 is 0 Å². The maximum Gasteiger partial charge on any atom is 0.164 e. The van der Waals surface area contributed by atoms with Crippen LogP contribution in [0.3, 0.4) is 0 Å². The largest absolute Gasteiger partial charge is 0.324 e. The standard InChI is InChI=1S/C8H16N4/c1-3-4-7(2)12-6-10-8(5-9)11-12/h6-7H,3-5,9H2,1-2H3. The molecule has 0 aromatic carbocycles. The van der Waals surface area contributed by atoms with Crippen LogP contribution in [0.15, 0.2) is 6.33 Å². The van der Waals surface area contributed by atoms with Crippen LogP contribution in [0.5, 0.6) is 0 Å². The van der Waals surface area contributed by atoms with Crippen molar-refractivity contribution in [2.45, 2.75) is 39.3 Å². The highest BCUT2D eigenvalue weighted by Gasteiger charge is 2.05. The molecule has 0 aliphatic rings. The number of hydrogen-bond donors (Lipinski definition) is 1. The van der Waals surface area contributed by atoms with E-state index in [1.807, 2.05) is 4.68 Å². The van der Waals surface area contributed by atoms with Crippen LogP contribution in [-0.2, 0) is 6.54 Å². The van der Waals surface area contributed by atoms with Gasteiger partial charge in [0.2, 0.25) is 0 Å². The summed E-state index contributed by atoms with van der Waals surface area (Å²) in [7, 11) is 0. The van der Waals surface area contributed by atoms with Gasteiger partial charge < -0.3 is 5.73 Å². The van der Waals surface area contributed by atoms with E-state index >= 15 is 0 Å². The lowest BCUT2D eigenvalue weighted by Crippen LogP contribution is -2.07. The van der Waals surface area contributed by atoms with E-state index in [1.54, 1.807) is 6.33 Å². The molecule has 0 aliphatic heterocycles. The smallest absolute Gasteiger partial charge is 0.164 e. The molecule has 0 saturated carbocycles. The molecule has 1 aromatic rings. The monoisotopic (exact) mass is 168 g/mol. The van der Waals surface area contributed by atoms with Gasteiger partial charge in [0.05, 0.1) is 12.6 Å². The summed E-state index contributed by atoms with van der Waals surface area (Å²) >= 11 is 0. The quantitative estimate of drug-likeness (QED) is 0.732. The van der Waals surface area contributed by atoms with Crippen LogP contribution in [0.1, 0.15) is 38.6 Å². The first kappa shape index (κ1) is 9.19. The van der Waals surface area contributed by atoms with Gasteiger partial charge in [-0.05, 0) is 13.3 Å². The summed E-state index contributed by atoms with van der Waals surface area (Å²) in [5.41, 5.74) is 5.40. The third-order valence-corrected chi connectivity index (χ3v) is 1.90. The Bertz CT molecular complexity index is 231. The van der Waals surface area contributed by atoms with Gasteiger partial charge in [-0.25, -0.2) is 9.67 Å². The molecule has 0 amide bonds. The lowest BCUT2D eigenvalue weighted by molar-refractivity contribution is 0.451. The van der Waals surface area contributed by atoms with Crippen molar-refractivity contribution < 1.29 is 0 Å². The molecule has 0 saturated heterocycles. The Labute approximate surface area is 72.8 Å². The average molecular weight is 168 g/mol. The fraction of sp³-hybridized carbons (Fsp3) is 0.750. The first-order chi connectivity index (χ1) is 5.77. The Hall–Kier alpha value is -0.900. The van der Waals surface area contributed by atoms with Gasteiger partial charge >= 0.3 is 0 Å². The summed E-state index contributed by atoms with van der Waals surface area (Å²) in [6.45, 7) is 4.72. The van der Waals surface area contributed by atoms with Crippen LogP contribution in [-0.4, -0.2) is 14.8 Å². The van der Waals surface area contributed by atoms with Crippen LogP contribution >= 0.6 is 0 Å². The molecule has 0 aliphatic carbocycles. The van der Waals surface area contributed by atoms with Crippen molar-refractivity contribution in [3.05, 3.63) is 12.2 Å². The van der Waals surface area contributed by atoms with Crippen LogP contribution in [0.4, 0.5) is 0 Å². The van der Waals surface area contributed by atoms with E-state index in [0.717, 1.165) is 12.2 Å². The van der Waals surface area contributed by atoms with Gasteiger partial charge in [0.1, 0.15) is 6.33 Å². The van der Waals surface area contributed by atoms with Gasteiger partial charge in [-0.3, -0.25) is 0 Å².